The Bertz CT molecular complexity index is 699. The van der Waals surface area contributed by atoms with Crippen molar-refractivity contribution in [2.24, 2.45) is 5.41 Å². The van der Waals surface area contributed by atoms with Gasteiger partial charge < -0.3 is 4.74 Å². The zero-order valence-corrected chi connectivity index (χ0v) is 13.9. The highest BCUT2D eigenvalue weighted by Gasteiger charge is 2.39. The quantitative estimate of drug-likeness (QED) is 0.859. The van der Waals surface area contributed by atoms with Gasteiger partial charge in [-0.3, -0.25) is 4.79 Å². The van der Waals surface area contributed by atoms with Crippen molar-refractivity contribution >= 4 is 15.9 Å². The fourth-order valence-corrected chi connectivity index (χ4v) is 4.36. The average molecular weight is 336 g/mol. The standard InChI is InChI=1S/C16H20N2O4S/c1-2-22-14-7-5-13(6-8-14)15(19)18-23(20,21)12-16(11-17)9-3-4-10-16/h5-8H,2-4,9-10,12H2,1H3,(H,18,19). The van der Waals surface area contributed by atoms with E-state index in [1.54, 1.807) is 12.1 Å². The Morgan fingerprint density at radius 1 is 1.30 bits per heavy atom. The summed E-state index contributed by atoms with van der Waals surface area (Å²) in [5, 5.41) is 9.27. The number of carbonyl (C=O) groups is 1. The van der Waals surface area contributed by atoms with Crippen LogP contribution in [0.25, 0.3) is 0 Å². The van der Waals surface area contributed by atoms with E-state index in [-0.39, 0.29) is 11.3 Å². The second-order valence-corrected chi connectivity index (χ2v) is 7.47. The monoisotopic (exact) mass is 336 g/mol. The fraction of sp³-hybridized carbons (Fsp3) is 0.500. The van der Waals surface area contributed by atoms with Crippen LogP contribution in [0.4, 0.5) is 0 Å². The van der Waals surface area contributed by atoms with Crippen LogP contribution in [-0.2, 0) is 10.0 Å². The highest BCUT2D eigenvalue weighted by atomic mass is 32.2. The Balaban J connectivity index is 2.05. The SMILES string of the molecule is CCOc1ccc(C(=O)NS(=O)(=O)CC2(C#N)CCCC2)cc1. The van der Waals surface area contributed by atoms with Gasteiger partial charge in [-0.15, -0.1) is 0 Å². The molecule has 1 saturated carbocycles. The predicted octanol–water partition coefficient (Wildman–Crippen LogP) is 2.23. The third-order valence-electron chi connectivity index (χ3n) is 3.94. The summed E-state index contributed by atoms with van der Waals surface area (Å²) in [7, 11) is -3.86. The van der Waals surface area contributed by atoms with E-state index in [4.69, 9.17) is 4.74 Å². The van der Waals surface area contributed by atoms with Gasteiger partial charge in [0.15, 0.2) is 0 Å². The van der Waals surface area contributed by atoms with E-state index in [9.17, 15) is 18.5 Å². The number of ether oxygens (including phenoxy) is 1. The van der Waals surface area contributed by atoms with Crippen LogP contribution >= 0.6 is 0 Å². The summed E-state index contributed by atoms with van der Waals surface area (Å²) in [6.45, 7) is 2.36. The lowest BCUT2D eigenvalue weighted by Crippen LogP contribution is -2.38. The normalized spacial score (nSPS) is 16.5. The van der Waals surface area contributed by atoms with E-state index in [1.165, 1.54) is 12.1 Å². The number of benzene rings is 1. The summed E-state index contributed by atoms with van der Waals surface area (Å²) >= 11 is 0. The van der Waals surface area contributed by atoms with Crippen molar-refractivity contribution < 1.29 is 17.9 Å². The fourth-order valence-electron chi connectivity index (χ4n) is 2.81. The van der Waals surface area contributed by atoms with Gasteiger partial charge in [0.05, 0.1) is 23.8 Å². The zero-order valence-electron chi connectivity index (χ0n) is 13.0. The largest absolute Gasteiger partial charge is 0.494 e. The molecule has 0 heterocycles. The van der Waals surface area contributed by atoms with Crippen molar-refractivity contribution in [1.82, 2.24) is 4.72 Å². The molecule has 0 spiro atoms. The minimum Gasteiger partial charge on any atom is -0.494 e. The molecule has 6 nitrogen and oxygen atoms in total. The van der Waals surface area contributed by atoms with Crippen molar-refractivity contribution in [3.8, 4) is 11.8 Å². The first-order chi connectivity index (χ1) is 10.9. The maximum atomic E-state index is 12.2. The van der Waals surface area contributed by atoms with Crippen molar-refractivity contribution in [3.05, 3.63) is 29.8 Å². The zero-order chi connectivity index (χ0) is 16.9. The highest BCUT2D eigenvalue weighted by molar-refractivity contribution is 7.90. The van der Waals surface area contributed by atoms with E-state index in [0.717, 1.165) is 12.8 Å². The van der Waals surface area contributed by atoms with E-state index >= 15 is 0 Å². The highest BCUT2D eigenvalue weighted by Crippen LogP contribution is 2.38. The lowest BCUT2D eigenvalue weighted by atomic mass is 9.91. The molecule has 1 aliphatic carbocycles. The summed E-state index contributed by atoms with van der Waals surface area (Å²) in [6.07, 6.45) is 2.80. The predicted molar refractivity (Wildman–Crippen MR) is 85.4 cm³/mol. The summed E-state index contributed by atoms with van der Waals surface area (Å²) < 4.78 is 31.7. The van der Waals surface area contributed by atoms with Crippen molar-refractivity contribution in [1.29, 1.82) is 5.26 Å². The molecular formula is C16H20N2O4S. The van der Waals surface area contributed by atoms with Gasteiger partial charge >= 0.3 is 0 Å². The number of nitrogens with zero attached hydrogens (tertiary/aromatic N) is 1. The van der Waals surface area contributed by atoms with E-state index in [2.05, 4.69) is 10.8 Å². The number of hydrogen-bond donors (Lipinski definition) is 1. The third kappa shape index (κ3) is 4.45. The van der Waals surface area contributed by atoms with Crippen LogP contribution in [0.1, 0.15) is 43.0 Å². The number of nitrogens with one attached hydrogen (secondary N) is 1. The Hall–Kier alpha value is -2.07. The Morgan fingerprint density at radius 3 is 2.43 bits per heavy atom. The molecule has 23 heavy (non-hydrogen) atoms. The summed E-state index contributed by atoms with van der Waals surface area (Å²) in [5.41, 5.74) is -0.639. The van der Waals surface area contributed by atoms with Crippen LogP contribution in [0.15, 0.2) is 24.3 Å². The number of nitriles is 1. The molecule has 1 aromatic carbocycles. The van der Waals surface area contributed by atoms with Crippen LogP contribution < -0.4 is 9.46 Å². The number of carbonyl (C=O) groups excluding carboxylic acids is 1. The third-order valence-corrected chi connectivity index (χ3v) is 5.37. The van der Waals surface area contributed by atoms with E-state index < -0.39 is 21.3 Å². The Kier molecular flexibility index (Phi) is 5.26. The van der Waals surface area contributed by atoms with Gasteiger partial charge in [0, 0.05) is 5.56 Å². The first-order valence-corrected chi connectivity index (χ1v) is 9.24. The topological polar surface area (TPSA) is 96.3 Å². The smallest absolute Gasteiger partial charge is 0.264 e. The van der Waals surface area contributed by atoms with E-state index in [0.29, 0.717) is 25.2 Å². The van der Waals surface area contributed by atoms with Crippen LogP contribution in [0.3, 0.4) is 0 Å². The molecule has 1 fully saturated rings. The van der Waals surface area contributed by atoms with Crippen LogP contribution in [0.2, 0.25) is 0 Å². The minimum absolute atomic E-state index is 0.231. The van der Waals surface area contributed by atoms with Gasteiger partial charge in [0.25, 0.3) is 5.91 Å². The maximum Gasteiger partial charge on any atom is 0.264 e. The van der Waals surface area contributed by atoms with Gasteiger partial charge in [0.2, 0.25) is 10.0 Å². The molecule has 0 unspecified atom stereocenters. The first-order valence-electron chi connectivity index (χ1n) is 7.59. The summed E-state index contributed by atoms with van der Waals surface area (Å²) in [6, 6.07) is 8.35. The number of hydrogen-bond acceptors (Lipinski definition) is 5. The van der Waals surface area contributed by atoms with Gasteiger partial charge in [-0.2, -0.15) is 5.26 Å². The Labute approximate surface area is 136 Å². The molecule has 1 aromatic rings. The van der Waals surface area contributed by atoms with E-state index in [1.807, 2.05) is 6.92 Å². The molecule has 7 heteroatoms. The second-order valence-electron chi connectivity index (χ2n) is 5.75. The number of amides is 1. The molecule has 0 saturated heterocycles. The van der Waals surface area contributed by atoms with Gasteiger partial charge in [0.1, 0.15) is 5.75 Å². The molecule has 1 aliphatic rings. The first kappa shape index (κ1) is 17.3. The van der Waals surface area contributed by atoms with Gasteiger partial charge in [-0.25, -0.2) is 13.1 Å². The molecule has 1 N–H and O–H groups in total. The number of rotatable bonds is 6. The molecule has 0 aliphatic heterocycles. The Morgan fingerprint density at radius 2 is 1.91 bits per heavy atom. The molecule has 0 bridgehead atoms. The molecule has 124 valence electrons. The van der Waals surface area contributed by atoms with Gasteiger partial charge in [-0.05, 0) is 44.0 Å². The number of sulfonamides is 1. The van der Waals surface area contributed by atoms with Crippen LogP contribution in [0.5, 0.6) is 5.75 Å². The molecule has 0 atom stereocenters. The van der Waals surface area contributed by atoms with Gasteiger partial charge in [-0.1, -0.05) is 12.8 Å². The summed E-state index contributed by atoms with van der Waals surface area (Å²) in [5.74, 6) is -0.417. The van der Waals surface area contributed by atoms with Crippen LogP contribution in [0, 0.1) is 16.7 Å². The minimum atomic E-state index is -3.86. The van der Waals surface area contributed by atoms with Crippen molar-refractivity contribution in [3.63, 3.8) is 0 Å². The van der Waals surface area contributed by atoms with Crippen molar-refractivity contribution in [2.45, 2.75) is 32.6 Å². The van der Waals surface area contributed by atoms with Crippen LogP contribution in [-0.4, -0.2) is 26.7 Å². The maximum absolute atomic E-state index is 12.2. The lowest BCUT2D eigenvalue weighted by molar-refractivity contribution is 0.0981. The summed E-state index contributed by atoms with van der Waals surface area (Å²) in [4.78, 5) is 12.1. The molecule has 0 radical (unpaired) electrons. The molecular weight excluding hydrogens is 316 g/mol. The molecule has 2 rings (SSSR count). The lowest BCUT2D eigenvalue weighted by Gasteiger charge is -2.19. The average Bonchev–Trinajstić information content (AvgIpc) is 2.96. The molecule has 0 aromatic heterocycles. The molecule has 1 amide bonds. The second kappa shape index (κ2) is 7.01. The van der Waals surface area contributed by atoms with Crippen molar-refractivity contribution in [2.75, 3.05) is 12.4 Å².